The van der Waals surface area contributed by atoms with Crippen LogP contribution in [0.1, 0.15) is 22.8 Å². The first-order valence-corrected chi connectivity index (χ1v) is 11.6. The molecule has 0 bridgehead atoms. The third kappa shape index (κ3) is 5.79. The van der Waals surface area contributed by atoms with Gasteiger partial charge in [-0.25, -0.2) is 10.4 Å². The minimum absolute atomic E-state index is 0.300. The summed E-state index contributed by atoms with van der Waals surface area (Å²) in [5, 5.41) is 10.1. The number of rotatable bonds is 9. The Morgan fingerprint density at radius 3 is 2.59 bits per heavy atom. The highest BCUT2D eigenvalue weighted by Gasteiger charge is 2.09. The zero-order valence-electron chi connectivity index (χ0n) is 18.8. The van der Waals surface area contributed by atoms with E-state index in [1.165, 1.54) is 11.3 Å². The molecule has 34 heavy (non-hydrogen) atoms. The molecule has 4 rings (SSSR count). The van der Waals surface area contributed by atoms with Crippen LogP contribution < -0.4 is 20.2 Å². The zero-order chi connectivity index (χ0) is 23.8. The summed E-state index contributed by atoms with van der Waals surface area (Å²) >= 11 is 1.53. The van der Waals surface area contributed by atoms with Gasteiger partial charge in [0.1, 0.15) is 0 Å². The largest absolute Gasteiger partial charge is 0.493 e. The summed E-state index contributed by atoms with van der Waals surface area (Å²) in [6.45, 7) is 2.43. The van der Waals surface area contributed by atoms with E-state index in [1.807, 2.05) is 66.9 Å². The van der Waals surface area contributed by atoms with Crippen LogP contribution in [-0.2, 0) is 0 Å². The molecule has 0 unspecified atom stereocenters. The molecule has 0 atom stereocenters. The normalized spacial score (nSPS) is 10.8. The number of methoxy groups -OCH3 is 1. The van der Waals surface area contributed by atoms with Crippen molar-refractivity contribution in [2.45, 2.75) is 6.92 Å². The first-order chi connectivity index (χ1) is 16.7. The SMILES string of the molecule is CCOc1cc(/C=N\NC(=O)c2ccc(-c3csc(Nc4ccccc4)n3)cc2)ccc1OC. The van der Waals surface area contributed by atoms with E-state index in [2.05, 4.69) is 20.8 Å². The lowest BCUT2D eigenvalue weighted by Crippen LogP contribution is -2.17. The fraction of sp³-hybridized carbons (Fsp3) is 0.115. The van der Waals surface area contributed by atoms with Crippen molar-refractivity contribution in [3.05, 3.63) is 89.3 Å². The molecular weight excluding hydrogens is 448 g/mol. The number of nitrogens with one attached hydrogen (secondary N) is 2. The Labute approximate surface area is 202 Å². The van der Waals surface area contributed by atoms with Gasteiger partial charge in [-0.1, -0.05) is 30.3 Å². The van der Waals surface area contributed by atoms with Crippen LogP contribution >= 0.6 is 11.3 Å². The van der Waals surface area contributed by atoms with Crippen molar-refractivity contribution in [3.8, 4) is 22.8 Å². The van der Waals surface area contributed by atoms with Crippen LogP contribution in [-0.4, -0.2) is 30.8 Å². The average molecular weight is 473 g/mol. The number of aromatic nitrogens is 1. The van der Waals surface area contributed by atoms with E-state index in [0.29, 0.717) is 23.7 Å². The number of anilines is 2. The lowest BCUT2D eigenvalue weighted by atomic mass is 10.1. The molecule has 2 N–H and O–H groups in total. The van der Waals surface area contributed by atoms with Gasteiger partial charge in [0.2, 0.25) is 0 Å². The van der Waals surface area contributed by atoms with Gasteiger partial charge in [0.05, 0.1) is 25.6 Å². The second-order valence-electron chi connectivity index (χ2n) is 7.15. The molecule has 7 nitrogen and oxygen atoms in total. The summed E-state index contributed by atoms with van der Waals surface area (Å²) in [6, 6.07) is 22.6. The number of carbonyl (C=O) groups excluding carboxylic acids is 1. The van der Waals surface area contributed by atoms with Crippen LogP contribution in [0.2, 0.25) is 0 Å². The summed E-state index contributed by atoms with van der Waals surface area (Å²) in [4.78, 5) is 17.1. The van der Waals surface area contributed by atoms with Crippen molar-refractivity contribution in [2.75, 3.05) is 19.0 Å². The van der Waals surface area contributed by atoms with Crippen LogP contribution in [0, 0.1) is 0 Å². The molecule has 0 fully saturated rings. The number of carbonyl (C=O) groups is 1. The van der Waals surface area contributed by atoms with Crippen molar-refractivity contribution in [1.29, 1.82) is 0 Å². The average Bonchev–Trinajstić information content (AvgIpc) is 3.33. The number of hydrogen-bond acceptors (Lipinski definition) is 7. The number of amides is 1. The van der Waals surface area contributed by atoms with E-state index in [1.54, 1.807) is 31.5 Å². The molecule has 1 heterocycles. The second kappa shape index (κ2) is 11.1. The fourth-order valence-corrected chi connectivity index (χ4v) is 3.91. The molecule has 0 aliphatic carbocycles. The third-order valence-corrected chi connectivity index (χ3v) is 5.60. The number of hydrazone groups is 1. The zero-order valence-corrected chi connectivity index (χ0v) is 19.6. The van der Waals surface area contributed by atoms with Gasteiger partial charge in [-0.3, -0.25) is 4.79 Å². The predicted octanol–water partition coefficient (Wildman–Crippen LogP) is 5.72. The Kier molecular flexibility index (Phi) is 7.52. The lowest BCUT2D eigenvalue weighted by molar-refractivity contribution is 0.0955. The highest BCUT2D eigenvalue weighted by molar-refractivity contribution is 7.14. The van der Waals surface area contributed by atoms with E-state index in [-0.39, 0.29) is 5.91 Å². The Morgan fingerprint density at radius 1 is 1.06 bits per heavy atom. The molecule has 0 aliphatic heterocycles. The molecule has 0 saturated carbocycles. The molecule has 3 aromatic carbocycles. The quantitative estimate of drug-likeness (QED) is 0.240. The molecule has 172 valence electrons. The van der Waals surface area contributed by atoms with Crippen molar-refractivity contribution < 1.29 is 14.3 Å². The highest BCUT2D eigenvalue weighted by Crippen LogP contribution is 2.28. The van der Waals surface area contributed by atoms with Crippen LogP contribution in [0.25, 0.3) is 11.3 Å². The molecular formula is C26H24N4O3S. The highest BCUT2D eigenvalue weighted by atomic mass is 32.1. The minimum atomic E-state index is -0.300. The van der Waals surface area contributed by atoms with Gasteiger partial charge < -0.3 is 14.8 Å². The van der Waals surface area contributed by atoms with Crippen molar-refractivity contribution in [2.24, 2.45) is 5.10 Å². The Morgan fingerprint density at radius 2 is 1.85 bits per heavy atom. The van der Waals surface area contributed by atoms with Gasteiger partial charge in [0.15, 0.2) is 16.6 Å². The van der Waals surface area contributed by atoms with Crippen LogP contribution in [0.15, 0.2) is 83.3 Å². The van der Waals surface area contributed by atoms with E-state index in [0.717, 1.165) is 27.6 Å². The molecule has 1 amide bonds. The molecule has 8 heteroatoms. The number of nitrogens with zero attached hydrogens (tertiary/aromatic N) is 2. The van der Waals surface area contributed by atoms with E-state index >= 15 is 0 Å². The van der Waals surface area contributed by atoms with Gasteiger partial charge >= 0.3 is 0 Å². The van der Waals surface area contributed by atoms with E-state index < -0.39 is 0 Å². The minimum Gasteiger partial charge on any atom is -0.493 e. The second-order valence-corrected chi connectivity index (χ2v) is 8.01. The maximum absolute atomic E-state index is 12.5. The number of ether oxygens (including phenoxy) is 2. The Hall–Kier alpha value is -4.17. The summed E-state index contributed by atoms with van der Waals surface area (Å²) in [6.07, 6.45) is 1.56. The predicted molar refractivity (Wildman–Crippen MR) is 136 cm³/mol. The Bertz CT molecular complexity index is 1270. The third-order valence-electron chi connectivity index (χ3n) is 4.84. The fourth-order valence-electron chi connectivity index (χ4n) is 3.17. The number of para-hydroxylation sites is 1. The summed E-state index contributed by atoms with van der Waals surface area (Å²) < 4.78 is 10.8. The van der Waals surface area contributed by atoms with Crippen LogP contribution in [0.5, 0.6) is 11.5 Å². The summed E-state index contributed by atoms with van der Waals surface area (Å²) in [7, 11) is 1.59. The topological polar surface area (TPSA) is 84.8 Å². The maximum Gasteiger partial charge on any atom is 0.271 e. The van der Waals surface area contributed by atoms with Crippen LogP contribution in [0.4, 0.5) is 10.8 Å². The van der Waals surface area contributed by atoms with E-state index in [4.69, 9.17) is 9.47 Å². The molecule has 0 radical (unpaired) electrons. The van der Waals surface area contributed by atoms with Crippen LogP contribution in [0.3, 0.4) is 0 Å². The van der Waals surface area contributed by atoms with Crippen molar-refractivity contribution >= 4 is 34.3 Å². The summed E-state index contributed by atoms with van der Waals surface area (Å²) in [5.41, 5.74) is 6.60. The van der Waals surface area contributed by atoms with Crippen molar-refractivity contribution in [1.82, 2.24) is 10.4 Å². The molecule has 1 aromatic heterocycles. The van der Waals surface area contributed by atoms with E-state index in [9.17, 15) is 4.79 Å². The van der Waals surface area contributed by atoms with Gasteiger partial charge in [-0.15, -0.1) is 11.3 Å². The number of benzene rings is 3. The van der Waals surface area contributed by atoms with Gasteiger partial charge in [0, 0.05) is 22.2 Å². The Balaban J connectivity index is 1.37. The molecule has 0 saturated heterocycles. The molecule has 0 aliphatic rings. The number of hydrogen-bond donors (Lipinski definition) is 2. The monoisotopic (exact) mass is 472 g/mol. The standard InChI is InChI=1S/C26H24N4O3S/c1-3-33-24-15-18(9-14-23(24)32-2)16-27-30-25(31)20-12-10-19(11-13-20)22-17-34-26(29-22)28-21-7-5-4-6-8-21/h4-17H,3H2,1-2H3,(H,28,29)(H,30,31)/b27-16-. The summed E-state index contributed by atoms with van der Waals surface area (Å²) in [5.74, 6) is 0.970. The first-order valence-electron chi connectivity index (χ1n) is 10.7. The van der Waals surface area contributed by atoms with Crippen molar-refractivity contribution in [3.63, 3.8) is 0 Å². The maximum atomic E-state index is 12.5. The molecule has 4 aromatic rings. The van der Waals surface area contributed by atoms with Gasteiger partial charge in [-0.05, 0) is 55.0 Å². The lowest BCUT2D eigenvalue weighted by Gasteiger charge is -2.09. The molecule has 0 spiro atoms. The van der Waals surface area contributed by atoms with Gasteiger partial charge in [-0.2, -0.15) is 5.10 Å². The first kappa shape index (κ1) is 23.0. The number of thiazole rings is 1. The smallest absolute Gasteiger partial charge is 0.271 e. The van der Waals surface area contributed by atoms with Gasteiger partial charge in [0.25, 0.3) is 5.91 Å².